The van der Waals surface area contributed by atoms with E-state index >= 15 is 0 Å². The van der Waals surface area contributed by atoms with Crippen molar-refractivity contribution in [3.05, 3.63) is 35.4 Å². The third-order valence-corrected chi connectivity index (χ3v) is 4.76. The summed E-state index contributed by atoms with van der Waals surface area (Å²) in [6, 6.07) is 8.76. The predicted octanol–water partition coefficient (Wildman–Crippen LogP) is 2.35. The van der Waals surface area contributed by atoms with Crippen LogP contribution < -0.4 is 5.32 Å². The molecule has 0 radical (unpaired) electrons. The van der Waals surface area contributed by atoms with Gasteiger partial charge in [-0.3, -0.25) is 9.89 Å². The average molecular weight is 458 g/mol. The van der Waals surface area contributed by atoms with Gasteiger partial charge in [0.2, 0.25) is 0 Å². The van der Waals surface area contributed by atoms with Gasteiger partial charge in [0, 0.05) is 45.8 Å². The van der Waals surface area contributed by atoms with Gasteiger partial charge in [0.15, 0.2) is 5.96 Å². The summed E-state index contributed by atoms with van der Waals surface area (Å²) in [5.41, 5.74) is 2.92. The molecule has 5 nitrogen and oxygen atoms in total. The van der Waals surface area contributed by atoms with Crippen LogP contribution in [0.3, 0.4) is 0 Å². The van der Waals surface area contributed by atoms with E-state index in [2.05, 4.69) is 46.3 Å². The van der Waals surface area contributed by atoms with Gasteiger partial charge in [0.25, 0.3) is 0 Å². The summed E-state index contributed by atoms with van der Waals surface area (Å²) in [4.78, 5) is 9.73. The van der Waals surface area contributed by atoms with E-state index < -0.39 is 0 Å². The molecule has 1 fully saturated rings. The molecule has 0 unspecified atom stereocenters. The lowest BCUT2D eigenvalue weighted by atomic mass is 10.0. The quantitative estimate of drug-likeness (QED) is 0.319. The number of nitrogens with one attached hydrogen (secondary N) is 1. The van der Waals surface area contributed by atoms with Crippen molar-refractivity contribution in [1.82, 2.24) is 15.1 Å². The van der Waals surface area contributed by atoms with Gasteiger partial charge >= 0.3 is 0 Å². The Hall–Kier alpha value is -0.860. The number of aliphatic imine (C=N–C) groups is 1. The highest BCUT2D eigenvalue weighted by molar-refractivity contribution is 14.0. The Balaban J connectivity index is 0.00000225. The number of fused-ring (bicyclic) bond motifs is 1. The van der Waals surface area contributed by atoms with Gasteiger partial charge in [-0.2, -0.15) is 0 Å². The van der Waals surface area contributed by atoms with Gasteiger partial charge in [-0.15, -0.1) is 24.0 Å². The van der Waals surface area contributed by atoms with Crippen LogP contribution in [0.2, 0.25) is 0 Å². The highest BCUT2D eigenvalue weighted by atomic mass is 127. The first-order valence-corrected chi connectivity index (χ1v) is 9.27. The number of ether oxygens (including phenoxy) is 1. The first-order valence-electron chi connectivity index (χ1n) is 9.27. The fourth-order valence-electron chi connectivity index (χ4n) is 3.41. The zero-order chi connectivity index (χ0) is 16.6. The van der Waals surface area contributed by atoms with E-state index in [4.69, 9.17) is 9.73 Å². The number of rotatable bonds is 5. The van der Waals surface area contributed by atoms with Gasteiger partial charge in [-0.25, -0.2) is 0 Å². The van der Waals surface area contributed by atoms with E-state index in [0.717, 1.165) is 77.8 Å². The first kappa shape index (κ1) is 20.5. The van der Waals surface area contributed by atoms with E-state index in [0.29, 0.717) is 0 Å². The van der Waals surface area contributed by atoms with Crippen LogP contribution in [0.1, 0.15) is 24.5 Å². The molecule has 0 saturated carbocycles. The van der Waals surface area contributed by atoms with Crippen LogP contribution in [0.15, 0.2) is 29.3 Å². The Morgan fingerprint density at radius 3 is 2.68 bits per heavy atom. The van der Waals surface area contributed by atoms with Crippen molar-refractivity contribution in [2.45, 2.75) is 26.3 Å². The zero-order valence-electron chi connectivity index (χ0n) is 15.2. The average Bonchev–Trinajstić information content (AvgIpc) is 2.65. The molecule has 1 aromatic carbocycles. The van der Waals surface area contributed by atoms with Gasteiger partial charge in [-0.05, 0) is 30.9 Å². The van der Waals surface area contributed by atoms with Crippen molar-refractivity contribution in [1.29, 1.82) is 0 Å². The molecule has 25 heavy (non-hydrogen) atoms. The van der Waals surface area contributed by atoms with Crippen LogP contribution in [0.5, 0.6) is 0 Å². The third-order valence-electron chi connectivity index (χ3n) is 4.76. The van der Waals surface area contributed by atoms with E-state index in [-0.39, 0.29) is 24.0 Å². The molecule has 6 heteroatoms. The van der Waals surface area contributed by atoms with Crippen LogP contribution in [0.4, 0.5) is 0 Å². The Labute approximate surface area is 168 Å². The SMILES string of the molecule is CCNC(=NCCCN1CCOCC1)N1CCc2ccccc2C1.I. The number of hydrogen-bond acceptors (Lipinski definition) is 3. The Bertz CT molecular complexity index is 546. The molecular formula is C19H31IN4O. The molecule has 1 N–H and O–H groups in total. The Morgan fingerprint density at radius 2 is 1.92 bits per heavy atom. The molecule has 0 atom stereocenters. The second kappa shape index (κ2) is 11.0. The summed E-state index contributed by atoms with van der Waals surface area (Å²) in [7, 11) is 0. The standard InChI is InChI=1S/C19H30N4O.HI/c1-2-20-19(21-9-5-10-22-12-14-24-15-13-22)23-11-8-17-6-3-4-7-18(17)16-23;/h3-4,6-7H,2,5,8-16H2,1H3,(H,20,21);1H. The molecule has 2 aliphatic rings. The maximum atomic E-state index is 5.40. The minimum absolute atomic E-state index is 0. The van der Waals surface area contributed by atoms with Crippen LogP contribution in [0.25, 0.3) is 0 Å². The molecule has 2 heterocycles. The molecule has 2 aliphatic heterocycles. The number of guanidine groups is 1. The maximum absolute atomic E-state index is 5.40. The van der Waals surface area contributed by atoms with Crippen molar-refractivity contribution in [3.8, 4) is 0 Å². The van der Waals surface area contributed by atoms with E-state index in [1.165, 1.54) is 11.1 Å². The van der Waals surface area contributed by atoms with Crippen LogP contribution in [0, 0.1) is 0 Å². The maximum Gasteiger partial charge on any atom is 0.194 e. The fourth-order valence-corrected chi connectivity index (χ4v) is 3.41. The molecule has 0 amide bonds. The molecule has 0 bridgehead atoms. The normalized spacial score (nSPS) is 18.4. The van der Waals surface area contributed by atoms with E-state index in [1.807, 2.05) is 0 Å². The van der Waals surface area contributed by atoms with Gasteiger partial charge in [0.1, 0.15) is 0 Å². The molecule has 3 rings (SSSR count). The Morgan fingerprint density at radius 1 is 1.16 bits per heavy atom. The van der Waals surface area contributed by atoms with Crippen molar-refractivity contribution in [2.24, 2.45) is 4.99 Å². The number of benzene rings is 1. The largest absolute Gasteiger partial charge is 0.379 e. The van der Waals surface area contributed by atoms with Crippen molar-refractivity contribution >= 4 is 29.9 Å². The minimum Gasteiger partial charge on any atom is -0.379 e. The summed E-state index contributed by atoms with van der Waals surface area (Å²) in [6.07, 6.45) is 2.22. The topological polar surface area (TPSA) is 40.1 Å². The molecule has 0 aromatic heterocycles. The van der Waals surface area contributed by atoms with E-state index in [9.17, 15) is 0 Å². The Kier molecular flexibility index (Phi) is 8.98. The summed E-state index contributed by atoms with van der Waals surface area (Å²) in [5.74, 6) is 1.06. The molecular weight excluding hydrogens is 427 g/mol. The number of hydrogen-bond donors (Lipinski definition) is 1. The van der Waals surface area contributed by atoms with Crippen LogP contribution in [-0.4, -0.2) is 68.2 Å². The number of halogens is 1. The minimum atomic E-state index is 0. The van der Waals surface area contributed by atoms with Crippen molar-refractivity contribution < 1.29 is 4.74 Å². The van der Waals surface area contributed by atoms with E-state index in [1.54, 1.807) is 0 Å². The first-order chi connectivity index (χ1) is 11.9. The fraction of sp³-hybridized carbons (Fsp3) is 0.632. The lowest BCUT2D eigenvalue weighted by molar-refractivity contribution is 0.0377. The van der Waals surface area contributed by atoms with Crippen molar-refractivity contribution in [2.75, 3.05) is 52.5 Å². The molecule has 1 saturated heterocycles. The van der Waals surface area contributed by atoms with Crippen LogP contribution >= 0.6 is 24.0 Å². The summed E-state index contributed by atoms with van der Waals surface area (Å²) in [5, 5.41) is 3.46. The van der Waals surface area contributed by atoms with Gasteiger partial charge in [0.05, 0.1) is 13.2 Å². The molecule has 0 spiro atoms. The number of morpholine rings is 1. The number of nitrogens with zero attached hydrogens (tertiary/aromatic N) is 3. The highest BCUT2D eigenvalue weighted by Gasteiger charge is 2.18. The lowest BCUT2D eigenvalue weighted by Crippen LogP contribution is -2.44. The monoisotopic (exact) mass is 458 g/mol. The lowest BCUT2D eigenvalue weighted by Gasteiger charge is -2.31. The zero-order valence-corrected chi connectivity index (χ0v) is 17.6. The molecule has 0 aliphatic carbocycles. The predicted molar refractivity (Wildman–Crippen MR) is 114 cm³/mol. The van der Waals surface area contributed by atoms with Crippen LogP contribution in [-0.2, 0) is 17.7 Å². The summed E-state index contributed by atoms with van der Waals surface area (Å²) < 4.78 is 5.40. The molecule has 1 aromatic rings. The highest BCUT2D eigenvalue weighted by Crippen LogP contribution is 2.18. The van der Waals surface area contributed by atoms with Gasteiger partial charge in [-0.1, -0.05) is 24.3 Å². The summed E-state index contributed by atoms with van der Waals surface area (Å²) in [6.45, 7) is 10.9. The second-order valence-corrected chi connectivity index (χ2v) is 6.48. The van der Waals surface area contributed by atoms with Gasteiger partial charge < -0.3 is 15.0 Å². The van der Waals surface area contributed by atoms with Crippen molar-refractivity contribution in [3.63, 3.8) is 0 Å². The summed E-state index contributed by atoms with van der Waals surface area (Å²) >= 11 is 0. The third kappa shape index (κ3) is 6.11. The smallest absolute Gasteiger partial charge is 0.194 e. The second-order valence-electron chi connectivity index (χ2n) is 6.48. The molecule has 140 valence electrons.